The van der Waals surface area contributed by atoms with Crippen LogP contribution in [0.5, 0.6) is 5.75 Å². The van der Waals surface area contributed by atoms with Gasteiger partial charge in [-0.15, -0.1) is 0 Å². The first kappa shape index (κ1) is 28.8. The molecule has 0 aliphatic heterocycles. The van der Waals surface area contributed by atoms with E-state index in [2.05, 4.69) is 5.32 Å². The molecule has 1 aromatic carbocycles. The number of aliphatic hydroxyl groups excluding tert-OH is 1. The first-order valence-corrected chi connectivity index (χ1v) is 13.5. The van der Waals surface area contributed by atoms with Crippen molar-refractivity contribution in [1.82, 2.24) is 13.9 Å². The Morgan fingerprint density at radius 2 is 1.86 bits per heavy atom. The number of furan rings is 1. The zero-order valence-corrected chi connectivity index (χ0v) is 22.0. The third-order valence-electron chi connectivity index (χ3n) is 5.62. The van der Waals surface area contributed by atoms with E-state index < -0.39 is 28.3 Å². The molecule has 0 spiro atoms. The zero-order valence-electron chi connectivity index (χ0n) is 21.1. The minimum Gasteiger partial charge on any atom is -0.497 e. The molecule has 2 N–H and O–H groups in total. The van der Waals surface area contributed by atoms with Gasteiger partial charge in [0, 0.05) is 39.0 Å². The van der Waals surface area contributed by atoms with Crippen molar-refractivity contribution in [2.24, 2.45) is 0 Å². The standard InChI is InChI=1S/C25H39N3O6S/c1-5-13-27(14-6-2)35(31,32)28(25(30)7-3)23(17-22-12-9-15-34-22)24(29)19-26-18-20-10-8-11-21(16-20)33-4/h8-12,15-16,23-24,26,29H,5-7,13-14,17-19H2,1-4H3/t23-,24+/m0/s1. The van der Waals surface area contributed by atoms with E-state index in [4.69, 9.17) is 9.15 Å². The molecule has 1 heterocycles. The highest BCUT2D eigenvalue weighted by molar-refractivity contribution is 7.87. The number of aliphatic hydroxyl groups is 1. The monoisotopic (exact) mass is 509 g/mol. The van der Waals surface area contributed by atoms with Crippen LogP contribution in [0, 0.1) is 0 Å². The van der Waals surface area contributed by atoms with Gasteiger partial charge in [-0.05, 0) is 42.7 Å². The van der Waals surface area contributed by atoms with Crippen molar-refractivity contribution in [2.45, 2.75) is 65.1 Å². The number of carbonyl (C=O) groups is 1. The maximum atomic E-state index is 13.7. The van der Waals surface area contributed by atoms with Crippen molar-refractivity contribution in [1.29, 1.82) is 0 Å². The number of ether oxygens (including phenoxy) is 1. The summed E-state index contributed by atoms with van der Waals surface area (Å²) in [6.07, 6.45) is 1.60. The Kier molecular flexibility index (Phi) is 11.7. The topological polar surface area (TPSA) is 112 Å². The molecule has 2 rings (SSSR count). The molecule has 35 heavy (non-hydrogen) atoms. The normalized spacial score (nSPS) is 13.5. The van der Waals surface area contributed by atoms with Crippen LogP contribution >= 0.6 is 0 Å². The van der Waals surface area contributed by atoms with Crippen LogP contribution in [0.4, 0.5) is 0 Å². The lowest BCUT2D eigenvalue weighted by Gasteiger charge is -2.37. The van der Waals surface area contributed by atoms with Gasteiger partial charge in [0.05, 0.1) is 25.5 Å². The molecule has 0 saturated carbocycles. The van der Waals surface area contributed by atoms with Gasteiger partial charge in [0.25, 0.3) is 0 Å². The van der Waals surface area contributed by atoms with Gasteiger partial charge in [0.1, 0.15) is 11.5 Å². The molecule has 0 bridgehead atoms. The smallest absolute Gasteiger partial charge is 0.306 e. The van der Waals surface area contributed by atoms with Crippen LogP contribution in [-0.2, 0) is 28.0 Å². The molecule has 0 aliphatic carbocycles. The fraction of sp³-hybridized carbons (Fsp3) is 0.560. The first-order valence-electron chi connectivity index (χ1n) is 12.1. The Balaban J connectivity index is 2.32. The maximum absolute atomic E-state index is 13.7. The van der Waals surface area contributed by atoms with Gasteiger partial charge in [0.2, 0.25) is 5.91 Å². The highest BCUT2D eigenvalue weighted by Gasteiger charge is 2.41. The first-order chi connectivity index (χ1) is 16.8. The molecule has 0 saturated heterocycles. The fourth-order valence-electron chi connectivity index (χ4n) is 3.90. The fourth-order valence-corrected chi connectivity index (χ4v) is 5.92. The van der Waals surface area contributed by atoms with E-state index in [1.807, 2.05) is 38.1 Å². The van der Waals surface area contributed by atoms with E-state index in [9.17, 15) is 18.3 Å². The molecular weight excluding hydrogens is 470 g/mol. The highest BCUT2D eigenvalue weighted by atomic mass is 32.2. The Morgan fingerprint density at radius 1 is 1.14 bits per heavy atom. The Bertz CT molecular complexity index is 990. The molecule has 0 fully saturated rings. The average molecular weight is 510 g/mol. The molecular formula is C25H39N3O6S. The van der Waals surface area contributed by atoms with E-state index in [1.165, 1.54) is 10.6 Å². The number of nitrogens with one attached hydrogen (secondary N) is 1. The van der Waals surface area contributed by atoms with Gasteiger partial charge in [0.15, 0.2) is 0 Å². The second-order valence-corrected chi connectivity index (χ2v) is 10.2. The van der Waals surface area contributed by atoms with E-state index >= 15 is 0 Å². The molecule has 0 aliphatic rings. The molecule has 196 valence electrons. The lowest BCUT2D eigenvalue weighted by atomic mass is 10.0. The van der Waals surface area contributed by atoms with Crippen LogP contribution in [0.15, 0.2) is 47.1 Å². The van der Waals surface area contributed by atoms with Gasteiger partial charge in [-0.25, -0.2) is 4.31 Å². The summed E-state index contributed by atoms with van der Waals surface area (Å²) in [4.78, 5) is 13.1. The number of hydrogen-bond donors (Lipinski definition) is 2. The Labute approximate surface area is 209 Å². The van der Waals surface area contributed by atoms with Gasteiger partial charge >= 0.3 is 10.2 Å². The highest BCUT2D eigenvalue weighted by Crippen LogP contribution is 2.22. The molecule has 1 aromatic heterocycles. The predicted molar refractivity (Wildman–Crippen MR) is 135 cm³/mol. The van der Waals surface area contributed by atoms with Crippen molar-refractivity contribution in [3.05, 3.63) is 54.0 Å². The third-order valence-corrected chi connectivity index (χ3v) is 7.61. The van der Waals surface area contributed by atoms with Crippen LogP contribution in [0.2, 0.25) is 0 Å². The van der Waals surface area contributed by atoms with E-state index in [0.29, 0.717) is 38.2 Å². The quantitative estimate of drug-likeness (QED) is 0.358. The second-order valence-electron chi connectivity index (χ2n) is 8.35. The summed E-state index contributed by atoms with van der Waals surface area (Å²) in [5, 5.41) is 14.4. The molecule has 0 radical (unpaired) electrons. The molecule has 2 atom stereocenters. The van der Waals surface area contributed by atoms with E-state index in [0.717, 1.165) is 15.6 Å². The zero-order chi connectivity index (χ0) is 25.8. The summed E-state index contributed by atoms with van der Waals surface area (Å²) < 4.78 is 40.3. The number of methoxy groups -OCH3 is 1. The molecule has 2 aromatic rings. The van der Waals surface area contributed by atoms with Gasteiger partial charge in [-0.1, -0.05) is 32.9 Å². The summed E-state index contributed by atoms with van der Waals surface area (Å²) in [6.45, 7) is 6.50. The molecule has 0 unspecified atom stereocenters. The second kappa shape index (κ2) is 14.2. The lowest BCUT2D eigenvalue weighted by Crippen LogP contribution is -2.57. The third kappa shape index (κ3) is 8.06. The van der Waals surface area contributed by atoms with Crippen LogP contribution in [0.3, 0.4) is 0 Å². The van der Waals surface area contributed by atoms with Crippen molar-refractivity contribution >= 4 is 16.1 Å². The number of carbonyl (C=O) groups excluding carboxylic acids is 1. The minimum absolute atomic E-state index is 0.00999. The summed E-state index contributed by atoms with van der Waals surface area (Å²) in [5.41, 5.74) is 0.949. The summed E-state index contributed by atoms with van der Waals surface area (Å²) in [5.74, 6) is 0.646. The van der Waals surface area contributed by atoms with Crippen molar-refractivity contribution in [2.75, 3.05) is 26.7 Å². The predicted octanol–water partition coefficient (Wildman–Crippen LogP) is 2.96. The van der Waals surface area contributed by atoms with Crippen molar-refractivity contribution in [3.63, 3.8) is 0 Å². The summed E-state index contributed by atoms with van der Waals surface area (Å²) in [7, 11) is -2.57. The van der Waals surface area contributed by atoms with Crippen LogP contribution in [0.1, 0.15) is 51.4 Å². The van der Waals surface area contributed by atoms with Crippen molar-refractivity contribution in [3.8, 4) is 5.75 Å². The molecule has 10 heteroatoms. The summed E-state index contributed by atoms with van der Waals surface area (Å²) in [6, 6.07) is 9.89. The molecule has 9 nitrogen and oxygen atoms in total. The van der Waals surface area contributed by atoms with E-state index in [-0.39, 0.29) is 19.4 Å². The van der Waals surface area contributed by atoms with Gasteiger partial charge < -0.3 is 19.6 Å². The van der Waals surface area contributed by atoms with Crippen LogP contribution in [0.25, 0.3) is 0 Å². The number of benzene rings is 1. The minimum atomic E-state index is -4.16. The van der Waals surface area contributed by atoms with Gasteiger partial charge in [-0.2, -0.15) is 12.7 Å². The number of rotatable bonds is 16. The van der Waals surface area contributed by atoms with Crippen molar-refractivity contribution < 1.29 is 27.5 Å². The Morgan fingerprint density at radius 3 is 2.43 bits per heavy atom. The number of hydrogen-bond acceptors (Lipinski definition) is 7. The molecule has 1 amide bonds. The van der Waals surface area contributed by atoms with Crippen LogP contribution in [-0.4, -0.2) is 66.9 Å². The van der Waals surface area contributed by atoms with Crippen LogP contribution < -0.4 is 10.1 Å². The Hall–Kier alpha value is -2.40. The maximum Gasteiger partial charge on any atom is 0.306 e. The number of nitrogens with zero attached hydrogens (tertiary/aromatic N) is 2. The van der Waals surface area contributed by atoms with Gasteiger partial charge in [-0.3, -0.25) is 4.79 Å². The SMILES string of the molecule is CCCN(CCC)S(=O)(=O)N(C(=O)CC)[C@@H](Cc1ccco1)[C@H](O)CNCc1cccc(OC)c1. The largest absolute Gasteiger partial charge is 0.497 e. The van der Waals surface area contributed by atoms with E-state index in [1.54, 1.807) is 26.2 Å². The summed E-state index contributed by atoms with van der Waals surface area (Å²) >= 11 is 0. The average Bonchev–Trinajstić information content (AvgIpc) is 3.36. The lowest BCUT2D eigenvalue weighted by molar-refractivity contribution is -0.129. The number of amides is 1.